The number of aromatic nitrogens is 1. The van der Waals surface area contributed by atoms with Crippen molar-refractivity contribution >= 4 is 33.9 Å². The summed E-state index contributed by atoms with van der Waals surface area (Å²) >= 11 is 5.91. The van der Waals surface area contributed by atoms with Crippen LogP contribution in [0, 0.1) is 13.8 Å². The molecule has 32 heavy (non-hydrogen) atoms. The lowest BCUT2D eigenvalue weighted by molar-refractivity contribution is 0.605. The Balaban J connectivity index is 1.84. The Morgan fingerprint density at radius 1 is 1.06 bits per heavy atom. The highest BCUT2D eigenvalue weighted by molar-refractivity contribution is 6.29. The van der Waals surface area contributed by atoms with Gasteiger partial charge in [-0.1, -0.05) is 17.7 Å². The second-order valence-corrected chi connectivity index (χ2v) is 8.68. The fourth-order valence-electron chi connectivity index (χ4n) is 3.86. The summed E-state index contributed by atoms with van der Waals surface area (Å²) in [7, 11) is 3.99. The highest BCUT2D eigenvalue weighted by Gasteiger charge is 2.19. The van der Waals surface area contributed by atoms with E-state index in [2.05, 4.69) is 16.4 Å². The molecule has 0 fully saturated rings. The van der Waals surface area contributed by atoms with E-state index >= 15 is 0 Å². The van der Waals surface area contributed by atoms with E-state index < -0.39 is 0 Å². The largest absolute Gasteiger partial charge is 0.455 e. The van der Waals surface area contributed by atoms with Crippen molar-refractivity contribution in [1.29, 1.82) is 0 Å². The first-order valence-electron chi connectivity index (χ1n) is 10.5. The molecule has 0 amide bonds. The van der Waals surface area contributed by atoms with E-state index in [9.17, 15) is 4.79 Å². The third-order valence-electron chi connectivity index (χ3n) is 5.61. The molecule has 4 rings (SSSR count). The van der Waals surface area contributed by atoms with E-state index in [0.717, 1.165) is 28.1 Å². The van der Waals surface area contributed by atoms with Crippen LogP contribution in [0.15, 0.2) is 63.9 Å². The van der Waals surface area contributed by atoms with Crippen LogP contribution in [0.4, 0.5) is 11.4 Å². The number of rotatable bonds is 5. The van der Waals surface area contributed by atoms with Gasteiger partial charge in [-0.2, -0.15) is 0 Å². The molecule has 0 spiro atoms. The van der Waals surface area contributed by atoms with Crippen LogP contribution in [0.2, 0.25) is 5.15 Å². The topological polar surface area (TPSA) is 58.4 Å². The fourth-order valence-corrected chi connectivity index (χ4v) is 3.98. The average molecular weight is 448 g/mol. The molecule has 2 aromatic heterocycles. The van der Waals surface area contributed by atoms with Crippen LogP contribution in [0.25, 0.3) is 22.3 Å². The second-order valence-electron chi connectivity index (χ2n) is 8.29. The molecule has 2 aromatic carbocycles. The number of nitrogens with zero attached hydrogens (tertiary/aromatic N) is 2. The summed E-state index contributed by atoms with van der Waals surface area (Å²) in [6.07, 6.45) is 1.69. The van der Waals surface area contributed by atoms with Crippen LogP contribution in [0.5, 0.6) is 0 Å². The Bertz CT molecular complexity index is 1330. The van der Waals surface area contributed by atoms with Crippen LogP contribution in [0.3, 0.4) is 0 Å². The van der Waals surface area contributed by atoms with Crippen LogP contribution < -0.4 is 15.6 Å². The van der Waals surface area contributed by atoms with Gasteiger partial charge in [0, 0.05) is 36.5 Å². The van der Waals surface area contributed by atoms with E-state index in [0.29, 0.717) is 27.4 Å². The molecule has 164 valence electrons. The van der Waals surface area contributed by atoms with Gasteiger partial charge in [-0.05, 0) is 68.8 Å². The van der Waals surface area contributed by atoms with Gasteiger partial charge < -0.3 is 14.6 Å². The molecule has 0 aliphatic carbocycles. The standard InChI is InChI=1S/C26H26ClN3O2/c1-15-12-21(17(3)29-19-8-11-23(27)28-14-19)26-22(13-15)24(31)16(2)25(32-26)18-6-9-20(10-7-18)30(4)5/h6-14,17,29H,1-5H3. The molecule has 1 atom stereocenters. The normalized spacial score (nSPS) is 12.1. The van der Waals surface area contributed by atoms with Gasteiger partial charge in [0.25, 0.3) is 0 Å². The molecule has 0 saturated carbocycles. The number of halogens is 1. The highest BCUT2D eigenvalue weighted by atomic mass is 35.5. The summed E-state index contributed by atoms with van der Waals surface area (Å²) in [5.74, 6) is 0.596. The number of hydrogen-bond acceptors (Lipinski definition) is 5. The minimum absolute atomic E-state index is 0.0109. The van der Waals surface area contributed by atoms with Crippen LogP contribution >= 0.6 is 11.6 Å². The van der Waals surface area contributed by atoms with Crippen molar-refractivity contribution in [2.75, 3.05) is 24.3 Å². The first kappa shape index (κ1) is 21.9. The number of anilines is 2. The van der Waals surface area contributed by atoms with Gasteiger partial charge in [-0.25, -0.2) is 4.98 Å². The first-order chi connectivity index (χ1) is 15.2. The molecule has 4 aromatic rings. The molecule has 2 heterocycles. The number of pyridine rings is 1. The van der Waals surface area contributed by atoms with Gasteiger partial charge in [-0.15, -0.1) is 0 Å². The smallest absolute Gasteiger partial charge is 0.196 e. The average Bonchev–Trinajstić information content (AvgIpc) is 2.77. The Morgan fingerprint density at radius 2 is 1.78 bits per heavy atom. The van der Waals surface area contributed by atoms with E-state index in [4.69, 9.17) is 16.0 Å². The number of aryl methyl sites for hydroxylation is 1. The third-order valence-corrected chi connectivity index (χ3v) is 5.84. The Kier molecular flexibility index (Phi) is 5.94. The molecule has 6 heteroatoms. The monoisotopic (exact) mass is 447 g/mol. The van der Waals surface area contributed by atoms with E-state index in [-0.39, 0.29) is 11.5 Å². The summed E-state index contributed by atoms with van der Waals surface area (Å²) in [5.41, 5.74) is 5.91. The molecule has 1 N–H and O–H groups in total. The predicted octanol–water partition coefficient (Wildman–Crippen LogP) is 6.36. The van der Waals surface area contributed by atoms with Gasteiger partial charge in [-0.3, -0.25) is 4.79 Å². The summed E-state index contributed by atoms with van der Waals surface area (Å²) in [5, 5.41) is 4.46. The van der Waals surface area contributed by atoms with Gasteiger partial charge in [0.2, 0.25) is 0 Å². The van der Waals surface area contributed by atoms with Crippen LogP contribution in [-0.2, 0) is 0 Å². The lowest BCUT2D eigenvalue weighted by atomic mass is 9.98. The molecule has 0 radical (unpaired) electrons. The van der Waals surface area contributed by atoms with Crippen LogP contribution in [-0.4, -0.2) is 19.1 Å². The predicted molar refractivity (Wildman–Crippen MR) is 133 cm³/mol. The van der Waals surface area contributed by atoms with E-state index in [1.165, 1.54) is 0 Å². The van der Waals surface area contributed by atoms with Gasteiger partial charge in [0.05, 0.1) is 23.3 Å². The molecule has 0 saturated heterocycles. The van der Waals surface area contributed by atoms with Crippen molar-refractivity contribution in [2.45, 2.75) is 26.8 Å². The lowest BCUT2D eigenvalue weighted by Crippen LogP contribution is -2.12. The first-order valence-corrected chi connectivity index (χ1v) is 10.9. The molecular formula is C26H26ClN3O2. The summed E-state index contributed by atoms with van der Waals surface area (Å²) < 4.78 is 6.43. The van der Waals surface area contributed by atoms with Gasteiger partial charge in [0.1, 0.15) is 16.5 Å². The Morgan fingerprint density at radius 3 is 2.41 bits per heavy atom. The maximum absolute atomic E-state index is 13.3. The minimum atomic E-state index is -0.116. The molecule has 0 bridgehead atoms. The van der Waals surface area contributed by atoms with Gasteiger partial charge >= 0.3 is 0 Å². The molecule has 0 aliphatic rings. The summed E-state index contributed by atoms with van der Waals surface area (Å²) in [4.78, 5) is 19.5. The van der Waals surface area contributed by atoms with Crippen molar-refractivity contribution < 1.29 is 4.42 Å². The number of benzene rings is 2. The molecule has 0 aliphatic heterocycles. The Hall–Kier alpha value is -3.31. The zero-order valence-corrected chi connectivity index (χ0v) is 19.6. The molecule has 5 nitrogen and oxygen atoms in total. The minimum Gasteiger partial charge on any atom is -0.455 e. The Labute approximate surface area is 192 Å². The maximum Gasteiger partial charge on any atom is 0.196 e. The summed E-state index contributed by atoms with van der Waals surface area (Å²) in [6, 6.07) is 15.5. The van der Waals surface area contributed by atoms with Crippen molar-refractivity contribution in [3.63, 3.8) is 0 Å². The van der Waals surface area contributed by atoms with E-state index in [1.807, 2.05) is 76.2 Å². The molecule has 1 unspecified atom stereocenters. The van der Waals surface area contributed by atoms with Gasteiger partial charge in [0.15, 0.2) is 5.43 Å². The third kappa shape index (κ3) is 4.21. The quantitative estimate of drug-likeness (QED) is 0.360. The lowest BCUT2D eigenvalue weighted by Gasteiger charge is -2.19. The zero-order valence-electron chi connectivity index (χ0n) is 18.9. The number of fused-ring (bicyclic) bond motifs is 1. The van der Waals surface area contributed by atoms with Crippen LogP contribution in [0.1, 0.15) is 29.7 Å². The van der Waals surface area contributed by atoms with Crippen molar-refractivity contribution in [2.24, 2.45) is 0 Å². The van der Waals surface area contributed by atoms with Crippen molar-refractivity contribution in [3.05, 3.63) is 86.8 Å². The molecular weight excluding hydrogens is 422 g/mol. The van der Waals surface area contributed by atoms with Crippen molar-refractivity contribution in [3.8, 4) is 11.3 Å². The van der Waals surface area contributed by atoms with E-state index in [1.54, 1.807) is 12.3 Å². The van der Waals surface area contributed by atoms with Crippen molar-refractivity contribution in [1.82, 2.24) is 4.98 Å². The number of hydrogen-bond donors (Lipinski definition) is 1. The SMILES string of the molecule is Cc1cc(C(C)Nc2ccc(Cl)nc2)c2oc(-c3ccc(N(C)C)cc3)c(C)c(=O)c2c1. The fraction of sp³-hybridized carbons (Fsp3) is 0.231. The second kappa shape index (κ2) is 8.67. The zero-order chi connectivity index (χ0) is 23.0. The summed E-state index contributed by atoms with van der Waals surface area (Å²) in [6.45, 7) is 5.85. The number of nitrogens with one attached hydrogen (secondary N) is 1. The highest BCUT2D eigenvalue weighted by Crippen LogP contribution is 2.32. The maximum atomic E-state index is 13.3.